The van der Waals surface area contributed by atoms with Gasteiger partial charge in [-0.25, -0.2) is 0 Å². The lowest BCUT2D eigenvalue weighted by Gasteiger charge is -2.43. The third-order valence-corrected chi connectivity index (χ3v) is 6.44. The number of benzene rings is 1. The molecular weight excluding hydrogens is 392 g/mol. The van der Waals surface area contributed by atoms with E-state index in [9.17, 15) is 9.59 Å². The summed E-state index contributed by atoms with van der Waals surface area (Å²) in [7, 11) is 1.61. The highest BCUT2D eigenvalue weighted by molar-refractivity contribution is 5.96. The molecule has 0 radical (unpaired) electrons. The maximum absolute atomic E-state index is 13.8. The summed E-state index contributed by atoms with van der Waals surface area (Å²) in [4.78, 5) is 30.6. The third-order valence-electron chi connectivity index (χ3n) is 6.44. The zero-order valence-corrected chi connectivity index (χ0v) is 19.4. The molecule has 1 aliphatic carbocycles. The van der Waals surface area contributed by atoms with Crippen molar-refractivity contribution in [2.24, 2.45) is 0 Å². The molecule has 2 amide bonds. The molecule has 1 saturated carbocycles. The molecular formula is C25H38N2O4. The van der Waals surface area contributed by atoms with E-state index in [4.69, 9.17) is 9.47 Å². The Morgan fingerprint density at radius 2 is 1.74 bits per heavy atom. The largest absolute Gasteiger partial charge is 0.493 e. The van der Waals surface area contributed by atoms with E-state index in [0.717, 1.165) is 50.5 Å². The second-order valence-electron chi connectivity index (χ2n) is 8.71. The Balaban J connectivity index is 1.93. The fourth-order valence-corrected chi connectivity index (χ4v) is 4.72. The number of rotatable bonds is 9. The minimum atomic E-state index is -0.592. The van der Waals surface area contributed by atoms with Gasteiger partial charge in [0.25, 0.3) is 5.91 Å². The zero-order chi connectivity index (χ0) is 22.2. The van der Waals surface area contributed by atoms with Crippen molar-refractivity contribution in [2.45, 2.75) is 83.7 Å². The SMILES string of the molecule is CCCCN1C(=O)CN(C2CCCCCC2)C(=O)[C@@H]1c1ccc(OCCC)c(OC)c1. The van der Waals surface area contributed by atoms with Crippen LogP contribution in [-0.4, -0.2) is 54.5 Å². The van der Waals surface area contributed by atoms with Crippen LogP contribution in [0, 0.1) is 0 Å². The molecule has 2 aliphatic rings. The van der Waals surface area contributed by atoms with Crippen LogP contribution in [0.5, 0.6) is 11.5 Å². The van der Waals surface area contributed by atoms with Gasteiger partial charge in [0.15, 0.2) is 11.5 Å². The lowest BCUT2D eigenvalue weighted by molar-refractivity contribution is -0.159. The summed E-state index contributed by atoms with van der Waals surface area (Å²) in [6.07, 6.45) is 9.44. The van der Waals surface area contributed by atoms with Crippen molar-refractivity contribution in [3.8, 4) is 11.5 Å². The summed E-state index contributed by atoms with van der Waals surface area (Å²) in [5, 5.41) is 0. The van der Waals surface area contributed by atoms with Gasteiger partial charge in [-0.15, -0.1) is 0 Å². The van der Waals surface area contributed by atoms with Crippen molar-refractivity contribution in [2.75, 3.05) is 26.8 Å². The van der Waals surface area contributed by atoms with Crippen LogP contribution in [0.2, 0.25) is 0 Å². The lowest BCUT2D eigenvalue weighted by atomic mass is 9.97. The first-order chi connectivity index (χ1) is 15.1. The van der Waals surface area contributed by atoms with E-state index < -0.39 is 6.04 Å². The molecule has 1 aromatic rings. The molecule has 1 aromatic carbocycles. The van der Waals surface area contributed by atoms with Gasteiger partial charge >= 0.3 is 0 Å². The molecule has 172 valence electrons. The topological polar surface area (TPSA) is 59.1 Å². The molecule has 1 aliphatic heterocycles. The van der Waals surface area contributed by atoms with E-state index >= 15 is 0 Å². The van der Waals surface area contributed by atoms with Crippen LogP contribution in [-0.2, 0) is 9.59 Å². The summed E-state index contributed by atoms with van der Waals surface area (Å²) in [5.41, 5.74) is 0.800. The minimum Gasteiger partial charge on any atom is -0.493 e. The van der Waals surface area contributed by atoms with E-state index in [1.165, 1.54) is 12.8 Å². The van der Waals surface area contributed by atoms with E-state index in [2.05, 4.69) is 13.8 Å². The quantitative estimate of drug-likeness (QED) is 0.532. The number of ether oxygens (including phenoxy) is 2. The zero-order valence-electron chi connectivity index (χ0n) is 19.4. The Labute approximate surface area is 186 Å². The van der Waals surface area contributed by atoms with Gasteiger partial charge in [0.05, 0.1) is 13.7 Å². The molecule has 0 N–H and O–H groups in total. The number of nitrogens with zero attached hydrogens (tertiary/aromatic N) is 2. The second kappa shape index (κ2) is 11.4. The molecule has 6 heteroatoms. The van der Waals surface area contributed by atoms with E-state index in [1.54, 1.807) is 12.0 Å². The van der Waals surface area contributed by atoms with Gasteiger partial charge < -0.3 is 19.3 Å². The molecule has 0 aromatic heterocycles. The van der Waals surface area contributed by atoms with Gasteiger partial charge in [0.2, 0.25) is 5.91 Å². The van der Waals surface area contributed by atoms with Crippen molar-refractivity contribution in [1.29, 1.82) is 0 Å². The predicted octanol–water partition coefficient (Wildman–Crippen LogP) is 4.72. The van der Waals surface area contributed by atoms with Crippen molar-refractivity contribution in [3.63, 3.8) is 0 Å². The Bertz CT molecular complexity index is 743. The average Bonchev–Trinajstić information content (AvgIpc) is 3.07. The average molecular weight is 431 g/mol. The van der Waals surface area contributed by atoms with Gasteiger partial charge in [0.1, 0.15) is 12.6 Å². The van der Waals surface area contributed by atoms with Crippen LogP contribution in [0.15, 0.2) is 18.2 Å². The van der Waals surface area contributed by atoms with Crippen LogP contribution in [0.25, 0.3) is 0 Å². The fraction of sp³-hybridized carbons (Fsp3) is 0.680. The van der Waals surface area contributed by atoms with Crippen molar-refractivity contribution >= 4 is 11.8 Å². The molecule has 3 rings (SSSR count). The Kier molecular flexibility index (Phi) is 8.61. The maximum atomic E-state index is 13.8. The van der Waals surface area contributed by atoms with Crippen molar-refractivity contribution < 1.29 is 19.1 Å². The number of hydrogen-bond donors (Lipinski definition) is 0. The standard InChI is InChI=1S/C25H38N2O4/c1-4-6-15-26-23(28)18-27(20-11-9-7-8-10-12-20)25(29)24(26)19-13-14-21(31-16-5-2)22(17-19)30-3/h13-14,17,20,24H,4-12,15-16,18H2,1-3H3/t24-/m0/s1. The van der Waals surface area contributed by atoms with Crippen LogP contribution in [0.3, 0.4) is 0 Å². The number of amides is 2. The predicted molar refractivity (Wildman–Crippen MR) is 121 cm³/mol. The summed E-state index contributed by atoms with van der Waals surface area (Å²) in [6, 6.07) is 5.23. The van der Waals surface area contributed by atoms with E-state index in [1.807, 2.05) is 23.1 Å². The van der Waals surface area contributed by atoms with E-state index in [0.29, 0.717) is 24.7 Å². The molecule has 0 unspecified atom stereocenters. The monoisotopic (exact) mass is 430 g/mol. The number of hydrogen-bond acceptors (Lipinski definition) is 4. The maximum Gasteiger partial charge on any atom is 0.250 e. The van der Waals surface area contributed by atoms with Crippen molar-refractivity contribution in [3.05, 3.63) is 23.8 Å². The van der Waals surface area contributed by atoms with Gasteiger partial charge in [-0.05, 0) is 43.4 Å². The summed E-state index contributed by atoms with van der Waals surface area (Å²) in [6.45, 7) is 5.57. The Morgan fingerprint density at radius 1 is 1.00 bits per heavy atom. The highest BCUT2D eigenvalue weighted by atomic mass is 16.5. The molecule has 1 saturated heterocycles. The molecule has 1 heterocycles. The number of carbonyl (C=O) groups excluding carboxylic acids is 2. The number of carbonyl (C=O) groups is 2. The van der Waals surface area contributed by atoms with Crippen LogP contribution in [0.4, 0.5) is 0 Å². The summed E-state index contributed by atoms with van der Waals surface area (Å²) >= 11 is 0. The molecule has 6 nitrogen and oxygen atoms in total. The summed E-state index contributed by atoms with van der Waals surface area (Å²) < 4.78 is 11.3. The normalized spacial score (nSPS) is 20.7. The Hall–Kier alpha value is -2.24. The first kappa shape index (κ1) is 23.4. The minimum absolute atomic E-state index is 0.0480. The number of unbranched alkanes of at least 4 members (excludes halogenated alkanes) is 1. The van der Waals surface area contributed by atoms with Gasteiger partial charge in [-0.1, -0.05) is 52.0 Å². The van der Waals surface area contributed by atoms with Crippen LogP contribution < -0.4 is 9.47 Å². The number of methoxy groups -OCH3 is 1. The molecule has 31 heavy (non-hydrogen) atoms. The third kappa shape index (κ3) is 5.52. The fourth-order valence-electron chi connectivity index (χ4n) is 4.72. The first-order valence-corrected chi connectivity index (χ1v) is 12.0. The van der Waals surface area contributed by atoms with Gasteiger partial charge in [-0.2, -0.15) is 0 Å². The first-order valence-electron chi connectivity index (χ1n) is 12.0. The molecule has 2 fully saturated rings. The van der Waals surface area contributed by atoms with Crippen LogP contribution >= 0.6 is 0 Å². The highest BCUT2D eigenvalue weighted by Crippen LogP contribution is 2.36. The van der Waals surface area contributed by atoms with Crippen molar-refractivity contribution in [1.82, 2.24) is 9.80 Å². The van der Waals surface area contributed by atoms with Gasteiger partial charge in [0, 0.05) is 12.6 Å². The smallest absolute Gasteiger partial charge is 0.250 e. The summed E-state index contributed by atoms with van der Waals surface area (Å²) in [5.74, 6) is 1.37. The number of piperazine rings is 1. The highest BCUT2D eigenvalue weighted by Gasteiger charge is 2.42. The molecule has 1 atom stereocenters. The Morgan fingerprint density at radius 3 is 2.39 bits per heavy atom. The van der Waals surface area contributed by atoms with Gasteiger partial charge in [-0.3, -0.25) is 9.59 Å². The van der Waals surface area contributed by atoms with Crippen LogP contribution in [0.1, 0.15) is 83.2 Å². The molecule has 0 bridgehead atoms. The lowest BCUT2D eigenvalue weighted by Crippen LogP contribution is -2.58. The second-order valence-corrected chi connectivity index (χ2v) is 8.71. The molecule has 0 spiro atoms. The van der Waals surface area contributed by atoms with E-state index in [-0.39, 0.29) is 24.4 Å².